The SMILES string of the molecule is CCNCC1(CCc2ccsc2)CCOC1C. The zero-order valence-corrected chi connectivity index (χ0v) is 11.7. The van der Waals surface area contributed by atoms with Gasteiger partial charge < -0.3 is 10.1 Å². The maximum absolute atomic E-state index is 5.80. The zero-order chi connectivity index (χ0) is 12.1. The van der Waals surface area contributed by atoms with Gasteiger partial charge in [0.1, 0.15) is 0 Å². The molecule has 0 saturated carbocycles. The highest BCUT2D eigenvalue weighted by Gasteiger charge is 2.40. The Labute approximate surface area is 108 Å². The summed E-state index contributed by atoms with van der Waals surface area (Å²) >= 11 is 1.79. The molecule has 1 saturated heterocycles. The predicted octanol–water partition coefficient (Wildman–Crippen LogP) is 3.09. The topological polar surface area (TPSA) is 21.3 Å². The molecule has 0 aliphatic carbocycles. The van der Waals surface area contributed by atoms with Gasteiger partial charge in [-0.15, -0.1) is 0 Å². The third-order valence-corrected chi connectivity index (χ3v) is 4.78. The van der Waals surface area contributed by atoms with E-state index in [0.29, 0.717) is 11.5 Å². The molecular weight excluding hydrogens is 230 g/mol. The normalized spacial score (nSPS) is 28.7. The van der Waals surface area contributed by atoms with Gasteiger partial charge in [0.2, 0.25) is 0 Å². The van der Waals surface area contributed by atoms with Gasteiger partial charge in [-0.1, -0.05) is 6.92 Å². The Morgan fingerprint density at radius 2 is 2.47 bits per heavy atom. The number of thiophene rings is 1. The monoisotopic (exact) mass is 253 g/mol. The Kier molecular flexibility index (Phi) is 4.60. The van der Waals surface area contributed by atoms with Crippen LogP contribution < -0.4 is 5.32 Å². The molecule has 0 amide bonds. The van der Waals surface area contributed by atoms with Crippen molar-refractivity contribution in [3.63, 3.8) is 0 Å². The Hall–Kier alpha value is -0.380. The van der Waals surface area contributed by atoms with Crippen LogP contribution in [0.25, 0.3) is 0 Å². The van der Waals surface area contributed by atoms with Crippen LogP contribution in [0.2, 0.25) is 0 Å². The maximum Gasteiger partial charge on any atom is 0.0616 e. The van der Waals surface area contributed by atoms with Crippen molar-refractivity contribution in [3.05, 3.63) is 22.4 Å². The number of hydrogen-bond donors (Lipinski definition) is 1. The number of hydrogen-bond acceptors (Lipinski definition) is 3. The van der Waals surface area contributed by atoms with Gasteiger partial charge in [0, 0.05) is 18.6 Å². The molecule has 0 bridgehead atoms. The van der Waals surface area contributed by atoms with E-state index in [1.54, 1.807) is 11.3 Å². The number of ether oxygens (including phenoxy) is 1. The van der Waals surface area contributed by atoms with Gasteiger partial charge >= 0.3 is 0 Å². The predicted molar refractivity (Wildman–Crippen MR) is 73.6 cm³/mol. The number of nitrogens with one attached hydrogen (secondary N) is 1. The first kappa shape index (κ1) is 13.1. The minimum atomic E-state index is 0.345. The van der Waals surface area contributed by atoms with Gasteiger partial charge in [0.05, 0.1) is 6.10 Å². The van der Waals surface area contributed by atoms with Gasteiger partial charge in [-0.3, -0.25) is 0 Å². The Morgan fingerprint density at radius 3 is 3.06 bits per heavy atom. The highest BCUT2D eigenvalue weighted by molar-refractivity contribution is 7.07. The van der Waals surface area contributed by atoms with Crippen molar-refractivity contribution in [3.8, 4) is 0 Å². The van der Waals surface area contributed by atoms with Crippen molar-refractivity contribution in [2.24, 2.45) is 5.41 Å². The number of rotatable bonds is 6. The van der Waals surface area contributed by atoms with Crippen molar-refractivity contribution in [2.75, 3.05) is 19.7 Å². The summed E-state index contributed by atoms with van der Waals surface area (Å²) in [6.45, 7) is 7.48. The molecule has 1 aromatic heterocycles. The largest absolute Gasteiger partial charge is 0.378 e. The van der Waals surface area contributed by atoms with Crippen LogP contribution in [-0.2, 0) is 11.2 Å². The average molecular weight is 253 g/mol. The molecule has 1 aliphatic rings. The van der Waals surface area contributed by atoms with Crippen LogP contribution in [0.5, 0.6) is 0 Å². The van der Waals surface area contributed by atoms with Gasteiger partial charge in [0.25, 0.3) is 0 Å². The van der Waals surface area contributed by atoms with E-state index in [0.717, 1.165) is 19.7 Å². The summed E-state index contributed by atoms with van der Waals surface area (Å²) in [7, 11) is 0. The van der Waals surface area contributed by atoms with Crippen LogP contribution in [-0.4, -0.2) is 25.8 Å². The molecule has 96 valence electrons. The molecule has 3 heteroatoms. The Morgan fingerprint density at radius 1 is 1.59 bits per heavy atom. The summed E-state index contributed by atoms with van der Waals surface area (Å²) in [5.74, 6) is 0. The maximum atomic E-state index is 5.80. The van der Waals surface area contributed by atoms with Crippen LogP contribution in [0.3, 0.4) is 0 Å². The number of aryl methyl sites for hydroxylation is 1. The lowest BCUT2D eigenvalue weighted by Gasteiger charge is -2.32. The standard InChI is InChI=1S/C14H23NOS/c1-3-15-11-14(7-8-16-12(14)2)6-4-13-5-9-17-10-13/h5,9-10,12,15H,3-4,6-8,11H2,1-2H3. The minimum absolute atomic E-state index is 0.345. The molecule has 2 rings (SSSR count). The van der Waals surface area contributed by atoms with E-state index >= 15 is 0 Å². The van der Waals surface area contributed by atoms with E-state index in [1.807, 2.05) is 0 Å². The third kappa shape index (κ3) is 3.09. The molecule has 1 aromatic rings. The van der Waals surface area contributed by atoms with Crippen LogP contribution in [0, 0.1) is 5.41 Å². The van der Waals surface area contributed by atoms with Crippen molar-refractivity contribution >= 4 is 11.3 Å². The molecule has 2 heterocycles. The van der Waals surface area contributed by atoms with Crippen molar-refractivity contribution in [2.45, 2.75) is 39.2 Å². The molecule has 1 N–H and O–H groups in total. The van der Waals surface area contributed by atoms with Gasteiger partial charge in [-0.2, -0.15) is 11.3 Å². The van der Waals surface area contributed by atoms with Crippen LogP contribution in [0.15, 0.2) is 16.8 Å². The van der Waals surface area contributed by atoms with Crippen molar-refractivity contribution < 1.29 is 4.74 Å². The third-order valence-electron chi connectivity index (χ3n) is 4.05. The van der Waals surface area contributed by atoms with Crippen molar-refractivity contribution in [1.29, 1.82) is 0 Å². The van der Waals surface area contributed by atoms with Crippen LogP contribution in [0.1, 0.15) is 32.3 Å². The van der Waals surface area contributed by atoms with E-state index in [1.165, 1.54) is 24.8 Å². The average Bonchev–Trinajstić information content (AvgIpc) is 2.95. The molecule has 0 aromatic carbocycles. The second-order valence-electron chi connectivity index (χ2n) is 5.04. The lowest BCUT2D eigenvalue weighted by molar-refractivity contribution is 0.0589. The summed E-state index contributed by atoms with van der Waals surface area (Å²) in [5, 5.41) is 7.95. The van der Waals surface area contributed by atoms with Crippen LogP contribution >= 0.6 is 11.3 Å². The molecule has 0 radical (unpaired) electrons. The smallest absolute Gasteiger partial charge is 0.0616 e. The summed E-state index contributed by atoms with van der Waals surface area (Å²) < 4.78 is 5.80. The van der Waals surface area contributed by atoms with E-state index < -0.39 is 0 Å². The summed E-state index contributed by atoms with van der Waals surface area (Å²) in [6, 6.07) is 2.24. The molecule has 2 unspecified atom stereocenters. The lowest BCUT2D eigenvalue weighted by atomic mass is 9.77. The van der Waals surface area contributed by atoms with E-state index in [9.17, 15) is 0 Å². The first-order valence-electron chi connectivity index (χ1n) is 6.60. The van der Waals surface area contributed by atoms with Gasteiger partial charge in [0.15, 0.2) is 0 Å². The summed E-state index contributed by atoms with van der Waals surface area (Å²) in [6.07, 6.45) is 4.01. The molecule has 2 atom stereocenters. The minimum Gasteiger partial charge on any atom is -0.378 e. The van der Waals surface area contributed by atoms with E-state index in [4.69, 9.17) is 4.74 Å². The second kappa shape index (κ2) is 5.98. The molecule has 1 aliphatic heterocycles. The van der Waals surface area contributed by atoms with E-state index in [-0.39, 0.29) is 0 Å². The fraction of sp³-hybridized carbons (Fsp3) is 0.714. The van der Waals surface area contributed by atoms with Crippen LogP contribution in [0.4, 0.5) is 0 Å². The molecular formula is C14H23NOS. The second-order valence-corrected chi connectivity index (χ2v) is 5.82. The molecule has 0 spiro atoms. The van der Waals surface area contributed by atoms with Crippen molar-refractivity contribution in [1.82, 2.24) is 5.32 Å². The van der Waals surface area contributed by atoms with E-state index in [2.05, 4.69) is 36.0 Å². The molecule has 2 nitrogen and oxygen atoms in total. The van der Waals surface area contributed by atoms with Gasteiger partial charge in [-0.25, -0.2) is 0 Å². The fourth-order valence-corrected chi connectivity index (χ4v) is 3.37. The first-order chi connectivity index (χ1) is 8.27. The first-order valence-corrected chi connectivity index (χ1v) is 7.54. The fourth-order valence-electron chi connectivity index (χ4n) is 2.67. The molecule has 1 fully saturated rings. The Bertz CT molecular complexity index is 325. The highest BCUT2D eigenvalue weighted by Crippen LogP contribution is 2.38. The van der Waals surface area contributed by atoms with Gasteiger partial charge in [-0.05, 0) is 55.1 Å². The summed E-state index contributed by atoms with van der Waals surface area (Å²) in [4.78, 5) is 0. The summed E-state index contributed by atoms with van der Waals surface area (Å²) in [5.41, 5.74) is 1.82. The highest BCUT2D eigenvalue weighted by atomic mass is 32.1. The lowest BCUT2D eigenvalue weighted by Crippen LogP contribution is -2.39. The molecule has 17 heavy (non-hydrogen) atoms. The Balaban J connectivity index is 1.95. The quantitative estimate of drug-likeness (QED) is 0.841. The zero-order valence-electron chi connectivity index (χ0n) is 10.9.